The lowest BCUT2D eigenvalue weighted by Crippen LogP contribution is -2.27. The van der Waals surface area contributed by atoms with Crippen molar-refractivity contribution in [3.63, 3.8) is 0 Å². The zero-order valence-corrected chi connectivity index (χ0v) is 15.3. The number of benzene rings is 1. The third-order valence-corrected chi connectivity index (χ3v) is 4.56. The molecule has 1 aromatic heterocycles. The molecular weight excluding hydrogens is 370 g/mol. The second-order valence-corrected chi connectivity index (χ2v) is 6.54. The summed E-state index contributed by atoms with van der Waals surface area (Å²) in [5, 5.41) is 25.5. The van der Waals surface area contributed by atoms with Crippen LogP contribution in [0.25, 0.3) is 0 Å². The predicted molar refractivity (Wildman–Crippen MR) is 105 cm³/mol. The number of hydrogen-bond acceptors (Lipinski definition) is 7. The maximum Gasteiger partial charge on any atom is 0.310 e. The summed E-state index contributed by atoms with van der Waals surface area (Å²) >= 11 is 5.86. The van der Waals surface area contributed by atoms with Crippen LogP contribution < -0.4 is 10.6 Å². The van der Waals surface area contributed by atoms with E-state index >= 15 is 0 Å². The fourth-order valence-electron chi connectivity index (χ4n) is 2.99. The van der Waals surface area contributed by atoms with Crippen molar-refractivity contribution in [3.8, 4) is 0 Å². The molecule has 0 bridgehead atoms. The minimum Gasteiger partial charge on any atom is -0.375 e. The van der Waals surface area contributed by atoms with E-state index in [4.69, 9.17) is 21.7 Å². The number of halogens is 1. The maximum atomic E-state index is 11.2. The molecule has 3 N–H and O–H groups in total. The molecule has 0 spiro atoms. The highest BCUT2D eigenvalue weighted by molar-refractivity contribution is 6.29. The van der Waals surface area contributed by atoms with Gasteiger partial charge in [0, 0.05) is 36.7 Å². The van der Waals surface area contributed by atoms with Crippen LogP contribution in [0.1, 0.15) is 30.4 Å². The van der Waals surface area contributed by atoms with E-state index in [1.807, 2.05) is 18.2 Å². The Balaban J connectivity index is 1.79. The number of aromatic nitrogens is 1. The summed E-state index contributed by atoms with van der Waals surface area (Å²) in [6.45, 7) is 1.03. The van der Waals surface area contributed by atoms with E-state index in [0.29, 0.717) is 12.1 Å². The Labute approximate surface area is 161 Å². The first kappa shape index (κ1) is 19.1. The Bertz CT molecular complexity index is 840. The summed E-state index contributed by atoms with van der Waals surface area (Å²) < 4.78 is 5.71. The van der Waals surface area contributed by atoms with Crippen LogP contribution in [0.4, 0.5) is 17.1 Å². The molecule has 2 heterocycles. The second-order valence-electron chi connectivity index (χ2n) is 6.16. The van der Waals surface area contributed by atoms with Gasteiger partial charge in [0.2, 0.25) is 0 Å². The van der Waals surface area contributed by atoms with Crippen LogP contribution in [-0.4, -0.2) is 29.0 Å². The normalized spacial score (nSPS) is 16.6. The van der Waals surface area contributed by atoms with Gasteiger partial charge in [-0.2, -0.15) is 0 Å². The first-order chi connectivity index (χ1) is 13.1. The molecule has 0 amide bonds. The molecule has 1 saturated heterocycles. The van der Waals surface area contributed by atoms with E-state index in [9.17, 15) is 10.1 Å². The Hall–Kier alpha value is -2.71. The molecule has 0 aliphatic carbocycles. The van der Waals surface area contributed by atoms with Crippen molar-refractivity contribution in [2.45, 2.75) is 32.0 Å². The van der Waals surface area contributed by atoms with Gasteiger partial charge in [0.05, 0.1) is 4.92 Å². The molecular formula is C18H20ClN5O3. The molecule has 0 radical (unpaired) electrons. The molecule has 1 aromatic carbocycles. The van der Waals surface area contributed by atoms with Crippen LogP contribution in [-0.2, 0) is 11.3 Å². The monoisotopic (exact) mass is 389 g/mol. The molecule has 9 heteroatoms. The highest BCUT2D eigenvalue weighted by Crippen LogP contribution is 2.28. The Morgan fingerprint density at radius 3 is 2.96 bits per heavy atom. The van der Waals surface area contributed by atoms with Crippen LogP contribution in [0.15, 0.2) is 30.5 Å². The zero-order chi connectivity index (χ0) is 19.2. The number of pyridine rings is 1. The minimum absolute atomic E-state index is 0.0687. The van der Waals surface area contributed by atoms with Crippen LogP contribution in [0.5, 0.6) is 0 Å². The lowest BCUT2D eigenvalue weighted by Gasteiger charge is -2.25. The van der Waals surface area contributed by atoms with E-state index in [1.54, 1.807) is 0 Å². The minimum atomic E-state index is -0.512. The Morgan fingerprint density at radius 1 is 1.41 bits per heavy atom. The third-order valence-electron chi connectivity index (χ3n) is 4.35. The number of nitro groups is 1. The molecule has 1 aliphatic heterocycles. The van der Waals surface area contributed by atoms with Crippen molar-refractivity contribution < 1.29 is 9.66 Å². The Kier molecular flexibility index (Phi) is 6.20. The second kappa shape index (κ2) is 8.79. The van der Waals surface area contributed by atoms with Gasteiger partial charge in [0.25, 0.3) is 0 Å². The molecule has 1 atom stereocenters. The number of nitrogens with zero attached hydrogens (tertiary/aromatic N) is 2. The molecule has 1 aliphatic rings. The SMILES string of the molecule is N=Cc1c(CNc2cc(Cl)ncc2[N+](=O)[O-])cccc1NC1CCCCO1. The van der Waals surface area contributed by atoms with Gasteiger partial charge in [-0.3, -0.25) is 10.1 Å². The predicted octanol–water partition coefficient (Wildman–Crippen LogP) is 4.19. The summed E-state index contributed by atoms with van der Waals surface area (Å²) in [7, 11) is 0. The van der Waals surface area contributed by atoms with E-state index in [-0.39, 0.29) is 22.8 Å². The molecule has 27 heavy (non-hydrogen) atoms. The summed E-state index contributed by atoms with van der Waals surface area (Å²) in [5.41, 5.74) is 2.47. The van der Waals surface area contributed by atoms with Gasteiger partial charge in [-0.15, -0.1) is 0 Å². The van der Waals surface area contributed by atoms with E-state index < -0.39 is 4.92 Å². The Morgan fingerprint density at radius 2 is 2.26 bits per heavy atom. The van der Waals surface area contributed by atoms with Gasteiger partial charge in [0.15, 0.2) is 0 Å². The standard InChI is InChI=1S/C18H20ClN5O3/c19-17-8-15(16(11-22-17)24(25)26)21-10-12-4-3-5-14(13(12)9-20)23-18-6-1-2-7-27-18/h3-5,8-9,11,18,20,23H,1-2,6-7,10H2,(H,21,22). The van der Waals surface area contributed by atoms with Crippen LogP contribution in [0.2, 0.25) is 5.15 Å². The lowest BCUT2D eigenvalue weighted by atomic mass is 10.0. The number of rotatable bonds is 7. The van der Waals surface area contributed by atoms with Crippen molar-refractivity contribution in [2.75, 3.05) is 17.2 Å². The summed E-state index contributed by atoms with van der Waals surface area (Å²) in [6, 6.07) is 7.06. The van der Waals surface area contributed by atoms with Crippen molar-refractivity contribution in [1.29, 1.82) is 5.41 Å². The van der Waals surface area contributed by atoms with Gasteiger partial charge in [-0.05, 0) is 30.9 Å². The highest BCUT2D eigenvalue weighted by Gasteiger charge is 2.17. The van der Waals surface area contributed by atoms with Crippen molar-refractivity contribution >= 4 is 34.9 Å². The van der Waals surface area contributed by atoms with Crippen molar-refractivity contribution in [1.82, 2.24) is 4.98 Å². The quantitative estimate of drug-likeness (QED) is 0.283. The largest absolute Gasteiger partial charge is 0.375 e. The van der Waals surface area contributed by atoms with Crippen LogP contribution in [0, 0.1) is 15.5 Å². The first-order valence-electron chi connectivity index (χ1n) is 8.63. The number of anilines is 2. The molecule has 1 unspecified atom stereocenters. The zero-order valence-electron chi connectivity index (χ0n) is 14.6. The third kappa shape index (κ3) is 4.72. The van der Waals surface area contributed by atoms with Gasteiger partial charge in [0.1, 0.15) is 23.3 Å². The summed E-state index contributed by atoms with van der Waals surface area (Å²) in [6.07, 6.45) is 5.41. The van der Waals surface area contributed by atoms with Gasteiger partial charge in [-0.25, -0.2) is 4.98 Å². The topological polar surface area (TPSA) is 113 Å². The van der Waals surface area contributed by atoms with Crippen LogP contribution >= 0.6 is 11.6 Å². The number of ether oxygens (including phenoxy) is 1. The molecule has 2 aromatic rings. The summed E-state index contributed by atoms with van der Waals surface area (Å²) in [5.74, 6) is 0. The highest BCUT2D eigenvalue weighted by atomic mass is 35.5. The molecule has 0 saturated carbocycles. The van der Waals surface area contributed by atoms with Gasteiger partial charge >= 0.3 is 5.69 Å². The molecule has 8 nitrogen and oxygen atoms in total. The van der Waals surface area contributed by atoms with E-state index in [1.165, 1.54) is 12.3 Å². The summed E-state index contributed by atoms with van der Waals surface area (Å²) in [4.78, 5) is 14.4. The molecule has 142 valence electrons. The van der Waals surface area contributed by atoms with E-state index in [0.717, 1.165) is 43.3 Å². The van der Waals surface area contributed by atoms with Crippen molar-refractivity contribution in [3.05, 3.63) is 56.9 Å². The van der Waals surface area contributed by atoms with Crippen LogP contribution in [0.3, 0.4) is 0 Å². The number of hydrogen-bond donors (Lipinski definition) is 3. The average molecular weight is 390 g/mol. The molecule has 3 rings (SSSR count). The fourth-order valence-corrected chi connectivity index (χ4v) is 3.15. The molecule has 1 fully saturated rings. The van der Waals surface area contributed by atoms with Gasteiger partial charge < -0.3 is 20.8 Å². The fraction of sp³-hybridized carbons (Fsp3) is 0.333. The van der Waals surface area contributed by atoms with Gasteiger partial charge in [-0.1, -0.05) is 23.7 Å². The first-order valence-corrected chi connectivity index (χ1v) is 9.00. The number of nitrogens with one attached hydrogen (secondary N) is 3. The lowest BCUT2D eigenvalue weighted by molar-refractivity contribution is -0.384. The van der Waals surface area contributed by atoms with Crippen molar-refractivity contribution in [2.24, 2.45) is 0 Å². The smallest absolute Gasteiger partial charge is 0.310 e. The average Bonchev–Trinajstić information content (AvgIpc) is 2.67. The van der Waals surface area contributed by atoms with E-state index in [2.05, 4.69) is 15.6 Å². The maximum absolute atomic E-state index is 11.2.